The van der Waals surface area contributed by atoms with Gasteiger partial charge in [-0.3, -0.25) is 0 Å². The van der Waals surface area contributed by atoms with E-state index in [2.05, 4.69) is 277 Å². The van der Waals surface area contributed by atoms with Crippen LogP contribution in [-0.2, 0) is 5.41 Å². The lowest BCUT2D eigenvalue weighted by molar-refractivity contribution is 0.802. The van der Waals surface area contributed by atoms with E-state index in [-0.39, 0.29) is 0 Å². The maximum atomic E-state index is 2.60. The fourth-order valence-electron chi connectivity index (χ4n) is 13.8. The monoisotopic (exact) mass is 1010 g/mol. The van der Waals surface area contributed by atoms with Crippen LogP contribution >= 0.6 is 22.7 Å². The minimum absolute atomic E-state index is 0.672. The lowest BCUT2D eigenvalue weighted by Crippen LogP contribution is -2.26. The molecule has 13 aromatic carbocycles. The van der Waals surface area contributed by atoms with E-state index in [9.17, 15) is 0 Å². The fraction of sp³-hybridized carbons (Fsp3) is 0.0137. The average molecular weight is 1010 g/mol. The van der Waals surface area contributed by atoms with Crippen LogP contribution in [0.15, 0.2) is 267 Å². The van der Waals surface area contributed by atoms with Crippen LogP contribution in [0.1, 0.15) is 22.3 Å². The highest BCUT2D eigenvalue weighted by atomic mass is 32.1. The van der Waals surface area contributed by atoms with Crippen LogP contribution in [0.5, 0.6) is 0 Å². The van der Waals surface area contributed by atoms with E-state index in [0.717, 1.165) is 22.7 Å². The molecule has 0 amide bonds. The molecular weight excluding hydrogens is 969 g/mol. The highest BCUT2D eigenvalue weighted by Gasteiger charge is 2.54. The molecule has 2 nitrogen and oxygen atoms in total. The van der Waals surface area contributed by atoms with Gasteiger partial charge < -0.3 is 9.80 Å². The van der Waals surface area contributed by atoms with Crippen molar-refractivity contribution in [3.8, 4) is 22.3 Å². The molecule has 0 unspecified atom stereocenters. The maximum Gasteiger partial charge on any atom is 0.0732 e. The Balaban J connectivity index is 1.00. The first-order valence-corrected chi connectivity index (χ1v) is 28.1. The third-order valence-electron chi connectivity index (χ3n) is 16.8. The lowest BCUT2D eigenvalue weighted by Gasteiger charge is -2.34. The van der Waals surface area contributed by atoms with Gasteiger partial charge >= 0.3 is 0 Å². The molecule has 0 atom stereocenters. The van der Waals surface area contributed by atoms with Crippen LogP contribution in [0, 0.1) is 0 Å². The molecule has 0 N–H and O–H groups in total. The number of para-hydroxylation sites is 2. The Morgan fingerprint density at radius 1 is 0.260 bits per heavy atom. The van der Waals surface area contributed by atoms with Crippen molar-refractivity contribution < 1.29 is 0 Å². The first-order chi connectivity index (χ1) is 38.2. The average Bonchev–Trinajstić information content (AvgIpc) is 3.99. The molecule has 2 heterocycles. The summed E-state index contributed by atoms with van der Waals surface area (Å²) >= 11 is 3.76. The van der Waals surface area contributed by atoms with Crippen molar-refractivity contribution in [2.75, 3.05) is 9.80 Å². The summed E-state index contributed by atoms with van der Waals surface area (Å²) < 4.78 is 5.14. The standard InChI is InChI=1S/C73H44N2S2/c1-3-21-45(22-4-1)74(63-37-19-33-57-52-29-13-17-39-66(52)76-71(57)63)47-41-42-56-59(43-47)48-25-7-9-31-54(48)69-68-55-32-10-8-28-51(55)65(44-62(68)73(70(56)69)60-35-15-11-26-49(60)50-27-12-16-36-61(50)73)75(46-23-5-2-6-24-46)64-38-20-34-58-53-30-14-18-40-67(53)77-72(58)64/h1-44H. The molecule has 77 heavy (non-hydrogen) atoms. The first kappa shape index (κ1) is 43.0. The van der Waals surface area contributed by atoms with Crippen molar-refractivity contribution in [1.82, 2.24) is 0 Å². The topological polar surface area (TPSA) is 6.48 Å². The molecule has 2 aliphatic carbocycles. The number of thiophene rings is 2. The predicted octanol–water partition coefficient (Wildman–Crippen LogP) is 21.2. The second-order valence-corrected chi connectivity index (χ2v) is 22.7. The summed E-state index contributed by atoms with van der Waals surface area (Å²) in [7, 11) is 0. The van der Waals surface area contributed by atoms with Gasteiger partial charge in [-0.15, -0.1) is 22.7 Å². The van der Waals surface area contributed by atoms with Crippen LogP contribution in [0.4, 0.5) is 34.1 Å². The quantitative estimate of drug-likeness (QED) is 0.153. The molecule has 4 heteroatoms. The predicted molar refractivity (Wildman–Crippen MR) is 330 cm³/mol. The molecule has 0 aliphatic heterocycles. The molecule has 0 radical (unpaired) electrons. The van der Waals surface area contributed by atoms with Gasteiger partial charge in [0.2, 0.25) is 0 Å². The molecule has 358 valence electrons. The van der Waals surface area contributed by atoms with Gasteiger partial charge in [0.25, 0.3) is 0 Å². The zero-order valence-corrected chi connectivity index (χ0v) is 43.2. The van der Waals surface area contributed by atoms with Gasteiger partial charge in [-0.25, -0.2) is 0 Å². The Morgan fingerprint density at radius 2 is 0.727 bits per heavy atom. The van der Waals surface area contributed by atoms with Crippen molar-refractivity contribution in [2.24, 2.45) is 0 Å². The van der Waals surface area contributed by atoms with E-state index in [1.807, 2.05) is 22.7 Å². The molecule has 0 saturated heterocycles. The number of rotatable bonds is 6. The summed E-state index contributed by atoms with van der Waals surface area (Å²) in [5, 5.41) is 12.6. The highest BCUT2D eigenvalue weighted by molar-refractivity contribution is 7.26. The van der Waals surface area contributed by atoms with Crippen LogP contribution in [0.2, 0.25) is 0 Å². The van der Waals surface area contributed by atoms with E-state index in [1.54, 1.807) is 0 Å². The molecule has 15 aromatic rings. The second kappa shape index (κ2) is 16.3. The lowest BCUT2D eigenvalue weighted by atomic mass is 9.69. The van der Waals surface area contributed by atoms with Crippen molar-refractivity contribution in [1.29, 1.82) is 0 Å². The van der Waals surface area contributed by atoms with Gasteiger partial charge in [-0.1, -0.05) is 200 Å². The molecule has 17 rings (SSSR count). The van der Waals surface area contributed by atoms with Gasteiger partial charge in [0.15, 0.2) is 0 Å². The van der Waals surface area contributed by atoms with E-state index < -0.39 is 5.41 Å². The number of benzene rings is 13. The third-order valence-corrected chi connectivity index (χ3v) is 19.2. The number of anilines is 6. The van der Waals surface area contributed by atoms with E-state index in [1.165, 1.54) is 129 Å². The Hall–Kier alpha value is -9.32. The molecule has 1 spiro atoms. The Morgan fingerprint density at radius 3 is 1.34 bits per heavy atom. The Bertz CT molecular complexity index is 4910. The van der Waals surface area contributed by atoms with Crippen LogP contribution in [0.25, 0.3) is 94.9 Å². The zero-order valence-electron chi connectivity index (χ0n) is 41.6. The number of fused-ring (bicyclic) bond motifs is 23. The summed E-state index contributed by atoms with van der Waals surface area (Å²) in [5.74, 6) is 0. The largest absolute Gasteiger partial charge is 0.309 e. The van der Waals surface area contributed by atoms with Crippen molar-refractivity contribution in [2.45, 2.75) is 5.41 Å². The SMILES string of the molecule is c1ccc(N(c2ccc3c4c(c5ccccc5c3c2)-c2c(cc(N(c3ccccc3)c3cccc5c3sc3ccccc35)c3ccccc23)C42c3ccccc3-c3ccccc32)c2cccc3c2sc2ccccc23)cc1. The van der Waals surface area contributed by atoms with Gasteiger partial charge in [0.1, 0.15) is 0 Å². The van der Waals surface area contributed by atoms with Gasteiger partial charge in [-0.2, -0.15) is 0 Å². The summed E-state index contributed by atoms with van der Waals surface area (Å²) in [6.07, 6.45) is 0. The minimum Gasteiger partial charge on any atom is -0.309 e. The second-order valence-electron chi connectivity index (χ2n) is 20.6. The van der Waals surface area contributed by atoms with Gasteiger partial charge in [-0.05, 0) is 138 Å². The van der Waals surface area contributed by atoms with Crippen LogP contribution in [-0.4, -0.2) is 0 Å². The molecule has 0 fully saturated rings. The molecule has 2 aliphatic rings. The molecule has 2 aromatic heterocycles. The summed E-state index contributed by atoms with van der Waals surface area (Å²) in [6.45, 7) is 0. The van der Waals surface area contributed by atoms with E-state index in [4.69, 9.17) is 0 Å². The van der Waals surface area contributed by atoms with Gasteiger partial charge in [0.05, 0.1) is 31.9 Å². The fourth-order valence-corrected chi connectivity index (χ4v) is 16.2. The van der Waals surface area contributed by atoms with Crippen LogP contribution in [0.3, 0.4) is 0 Å². The molecule has 0 saturated carbocycles. The summed E-state index contributed by atoms with van der Waals surface area (Å²) in [4.78, 5) is 5.04. The minimum atomic E-state index is -0.672. The summed E-state index contributed by atoms with van der Waals surface area (Å²) in [5.41, 5.74) is 16.7. The zero-order chi connectivity index (χ0) is 50.3. The van der Waals surface area contributed by atoms with Crippen molar-refractivity contribution >= 4 is 129 Å². The molecule has 0 bridgehead atoms. The Kier molecular flexibility index (Phi) is 9.12. The first-order valence-electron chi connectivity index (χ1n) is 26.5. The maximum absolute atomic E-state index is 2.60. The normalized spacial score (nSPS) is 13.0. The van der Waals surface area contributed by atoms with Crippen molar-refractivity contribution in [3.63, 3.8) is 0 Å². The van der Waals surface area contributed by atoms with E-state index >= 15 is 0 Å². The van der Waals surface area contributed by atoms with Gasteiger partial charge in [0, 0.05) is 53.4 Å². The summed E-state index contributed by atoms with van der Waals surface area (Å²) in [6, 6.07) is 100. The van der Waals surface area contributed by atoms with Crippen molar-refractivity contribution in [3.05, 3.63) is 289 Å². The third kappa shape index (κ3) is 5.89. The molecular formula is C73H44N2S2. The number of hydrogen-bond donors (Lipinski definition) is 0. The highest BCUT2D eigenvalue weighted by Crippen LogP contribution is 2.68. The van der Waals surface area contributed by atoms with E-state index in [0.29, 0.717) is 0 Å². The van der Waals surface area contributed by atoms with Crippen LogP contribution < -0.4 is 9.80 Å². The Labute approximate surface area is 453 Å². The smallest absolute Gasteiger partial charge is 0.0732 e. The number of nitrogens with zero attached hydrogens (tertiary/aromatic N) is 2. The number of hydrogen-bond acceptors (Lipinski definition) is 4.